The Labute approximate surface area is 133 Å². The lowest BCUT2D eigenvalue weighted by Crippen LogP contribution is -2.19. The van der Waals surface area contributed by atoms with E-state index >= 15 is 0 Å². The summed E-state index contributed by atoms with van der Waals surface area (Å²) in [6, 6.07) is 15.7. The van der Waals surface area contributed by atoms with Gasteiger partial charge in [0.25, 0.3) is 0 Å². The van der Waals surface area contributed by atoms with Crippen molar-refractivity contribution in [2.75, 3.05) is 0 Å². The second-order valence-corrected chi connectivity index (χ2v) is 7.55. The van der Waals surface area contributed by atoms with E-state index in [1.807, 2.05) is 6.08 Å². The summed E-state index contributed by atoms with van der Waals surface area (Å²) in [5.41, 5.74) is 10.1. The van der Waals surface area contributed by atoms with E-state index in [1.165, 1.54) is 39.0 Å². The first-order valence-corrected chi connectivity index (χ1v) is 8.01. The molecule has 0 unspecified atom stereocenters. The van der Waals surface area contributed by atoms with E-state index < -0.39 is 0 Å². The van der Waals surface area contributed by atoms with Crippen molar-refractivity contribution in [1.29, 1.82) is 0 Å². The van der Waals surface area contributed by atoms with Crippen molar-refractivity contribution < 1.29 is 0 Å². The van der Waals surface area contributed by atoms with Crippen molar-refractivity contribution in [3.63, 3.8) is 0 Å². The average molecular weight is 286 g/mol. The molecule has 2 aromatic rings. The van der Waals surface area contributed by atoms with Crippen molar-refractivity contribution in [1.82, 2.24) is 0 Å². The highest BCUT2D eigenvalue weighted by Crippen LogP contribution is 2.62. The number of benzene rings is 2. The summed E-state index contributed by atoms with van der Waals surface area (Å²) in [6.45, 7) is 13.4. The number of allylic oxidation sites excluding steroid dienone is 2. The van der Waals surface area contributed by atoms with Gasteiger partial charge in [0.05, 0.1) is 0 Å². The van der Waals surface area contributed by atoms with Crippen molar-refractivity contribution in [3.8, 4) is 0 Å². The molecule has 0 N–H and O–H groups in total. The van der Waals surface area contributed by atoms with Gasteiger partial charge in [-0.25, -0.2) is 0 Å². The fourth-order valence-electron chi connectivity index (χ4n) is 4.51. The zero-order valence-electron chi connectivity index (χ0n) is 13.8. The van der Waals surface area contributed by atoms with Crippen LogP contribution in [0.2, 0.25) is 0 Å². The molecule has 0 aromatic heterocycles. The Morgan fingerprint density at radius 2 is 1.36 bits per heavy atom. The number of hydrogen-bond acceptors (Lipinski definition) is 0. The first-order valence-electron chi connectivity index (χ1n) is 8.01. The van der Waals surface area contributed by atoms with Gasteiger partial charge in [-0.05, 0) is 39.0 Å². The van der Waals surface area contributed by atoms with E-state index in [4.69, 9.17) is 0 Å². The first-order chi connectivity index (χ1) is 10.4. The number of fused-ring (bicyclic) bond motifs is 4. The van der Waals surface area contributed by atoms with Crippen LogP contribution < -0.4 is 0 Å². The molecule has 0 spiro atoms. The Kier molecular flexibility index (Phi) is 2.47. The Bertz CT molecular complexity index is 844. The predicted octanol–water partition coefficient (Wildman–Crippen LogP) is 5.82. The number of rotatable bonds is 1. The van der Waals surface area contributed by atoms with Gasteiger partial charge >= 0.3 is 0 Å². The van der Waals surface area contributed by atoms with Crippen molar-refractivity contribution in [2.24, 2.45) is 0 Å². The van der Waals surface area contributed by atoms with Gasteiger partial charge in [0.1, 0.15) is 0 Å². The molecule has 0 saturated heterocycles. The Morgan fingerprint density at radius 1 is 0.773 bits per heavy atom. The van der Waals surface area contributed by atoms with E-state index in [1.54, 1.807) is 0 Å². The van der Waals surface area contributed by atoms with Crippen molar-refractivity contribution >= 4 is 17.2 Å². The molecule has 2 aliphatic rings. The minimum Gasteiger partial charge on any atom is -0.0985 e. The highest BCUT2D eigenvalue weighted by molar-refractivity contribution is 6.09. The molecule has 0 heteroatoms. The third-order valence-electron chi connectivity index (χ3n) is 5.59. The lowest BCUT2D eigenvalue weighted by molar-refractivity contribution is 0.694. The molecule has 0 heterocycles. The summed E-state index contributed by atoms with van der Waals surface area (Å²) in [6.07, 6.45) is 1.94. The van der Waals surface area contributed by atoms with Crippen LogP contribution in [0.25, 0.3) is 17.2 Å². The standard InChI is InChI=1S/C22H22/c1-6-14-11-12-16-18(13-14)22(4,5)19-15-9-7-8-10-17(15)21(2,3)20(16)19/h6-13H,1H2,2-5H3. The van der Waals surface area contributed by atoms with Gasteiger partial charge < -0.3 is 0 Å². The maximum Gasteiger partial charge on any atom is 0.0162 e. The molecule has 4 rings (SSSR count). The number of hydrogen-bond donors (Lipinski definition) is 0. The highest BCUT2D eigenvalue weighted by atomic mass is 14.5. The van der Waals surface area contributed by atoms with Crippen LogP contribution in [-0.2, 0) is 10.8 Å². The average Bonchev–Trinajstić information content (AvgIpc) is 2.89. The van der Waals surface area contributed by atoms with E-state index in [9.17, 15) is 0 Å². The molecule has 2 aliphatic carbocycles. The van der Waals surface area contributed by atoms with Crippen LogP contribution in [0.1, 0.15) is 55.5 Å². The van der Waals surface area contributed by atoms with Gasteiger partial charge in [-0.1, -0.05) is 82.8 Å². The Hall–Kier alpha value is -2.08. The molecule has 110 valence electrons. The third-order valence-corrected chi connectivity index (χ3v) is 5.59. The lowest BCUT2D eigenvalue weighted by atomic mass is 9.75. The topological polar surface area (TPSA) is 0 Å². The maximum absolute atomic E-state index is 3.93. The van der Waals surface area contributed by atoms with Gasteiger partial charge in [-0.2, -0.15) is 0 Å². The van der Waals surface area contributed by atoms with E-state index in [0.717, 1.165) is 0 Å². The zero-order chi connectivity index (χ0) is 15.7. The molecule has 0 nitrogen and oxygen atoms in total. The van der Waals surface area contributed by atoms with Gasteiger partial charge in [-0.3, -0.25) is 0 Å². The predicted molar refractivity (Wildman–Crippen MR) is 95.8 cm³/mol. The summed E-state index contributed by atoms with van der Waals surface area (Å²) in [5.74, 6) is 0. The summed E-state index contributed by atoms with van der Waals surface area (Å²) < 4.78 is 0. The van der Waals surface area contributed by atoms with Crippen LogP contribution in [0.5, 0.6) is 0 Å². The molecule has 0 aliphatic heterocycles. The molecule has 0 bridgehead atoms. The quantitative estimate of drug-likeness (QED) is 0.619. The SMILES string of the molecule is C=Cc1ccc2c(c1)C(C)(C)C1=C2C(C)(C)c2ccccc21. The van der Waals surface area contributed by atoms with Gasteiger partial charge in [-0.15, -0.1) is 0 Å². The summed E-state index contributed by atoms with van der Waals surface area (Å²) in [7, 11) is 0. The van der Waals surface area contributed by atoms with Crippen LogP contribution in [0.4, 0.5) is 0 Å². The van der Waals surface area contributed by atoms with Crippen molar-refractivity contribution in [2.45, 2.75) is 38.5 Å². The van der Waals surface area contributed by atoms with E-state index in [-0.39, 0.29) is 10.8 Å². The second-order valence-electron chi connectivity index (χ2n) is 7.55. The molecular weight excluding hydrogens is 264 g/mol. The largest absolute Gasteiger partial charge is 0.0985 e. The lowest BCUT2D eigenvalue weighted by Gasteiger charge is -2.28. The molecule has 2 aromatic carbocycles. The Morgan fingerprint density at radius 3 is 2.05 bits per heavy atom. The summed E-state index contributed by atoms with van der Waals surface area (Å²) >= 11 is 0. The fourth-order valence-corrected chi connectivity index (χ4v) is 4.51. The monoisotopic (exact) mass is 286 g/mol. The Balaban J connectivity index is 2.08. The molecule has 0 fully saturated rings. The van der Waals surface area contributed by atoms with Gasteiger partial charge in [0.15, 0.2) is 0 Å². The minimum absolute atomic E-state index is 0.0492. The first kappa shape index (κ1) is 13.6. The molecule has 0 amide bonds. The maximum atomic E-state index is 3.93. The zero-order valence-corrected chi connectivity index (χ0v) is 13.8. The van der Waals surface area contributed by atoms with Crippen LogP contribution >= 0.6 is 0 Å². The van der Waals surface area contributed by atoms with E-state index in [2.05, 4.69) is 76.7 Å². The molecule has 0 radical (unpaired) electrons. The summed E-state index contributed by atoms with van der Waals surface area (Å²) in [5, 5.41) is 0. The second kappa shape index (κ2) is 4.01. The highest BCUT2D eigenvalue weighted by Gasteiger charge is 2.49. The van der Waals surface area contributed by atoms with Crippen LogP contribution in [0.15, 0.2) is 49.0 Å². The smallest absolute Gasteiger partial charge is 0.0162 e. The third kappa shape index (κ3) is 1.43. The normalized spacial score (nSPS) is 19.6. The molecule has 22 heavy (non-hydrogen) atoms. The molecular formula is C22H22. The van der Waals surface area contributed by atoms with Crippen molar-refractivity contribution in [3.05, 3.63) is 76.9 Å². The summed E-state index contributed by atoms with van der Waals surface area (Å²) in [4.78, 5) is 0. The molecule has 0 atom stereocenters. The molecule has 0 saturated carbocycles. The van der Waals surface area contributed by atoms with Crippen LogP contribution in [0.3, 0.4) is 0 Å². The van der Waals surface area contributed by atoms with Crippen LogP contribution in [0, 0.1) is 0 Å². The fraction of sp³-hybridized carbons (Fsp3) is 0.273. The van der Waals surface area contributed by atoms with Gasteiger partial charge in [0.2, 0.25) is 0 Å². The van der Waals surface area contributed by atoms with Gasteiger partial charge in [0, 0.05) is 10.8 Å². The van der Waals surface area contributed by atoms with Crippen LogP contribution in [-0.4, -0.2) is 0 Å². The minimum atomic E-state index is 0.0492. The van der Waals surface area contributed by atoms with E-state index in [0.29, 0.717) is 0 Å².